The third kappa shape index (κ3) is 3.35. The molecule has 0 aromatic rings. The van der Waals surface area contributed by atoms with E-state index in [2.05, 4.69) is 51.7 Å². The van der Waals surface area contributed by atoms with Crippen molar-refractivity contribution in [1.82, 2.24) is 0 Å². The highest BCUT2D eigenvalue weighted by Gasteiger charge is 2.48. The van der Waals surface area contributed by atoms with Crippen LogP contribution in [0, 0.1) is 23.2 Å². The first-order chi connectivity index (χ1) is 11.6. The van der Waals surface area contributed by atoms with Gasteiger partial charge in [-0.3, -0.25) is 0 Å². The van der Waals surface area contributed by atoms with Crippen LogP contribution in [-0.4, -0.2) is 0 Å². The van der Waals surface area contributed by atoms with Gasteiger partial charge >= 0.3 is 0 Å². The van der Waals surface area contributed by atoms with Crippen LogP contribution in [-0.2, 0) is 0 Å². The lowest BCUT2D eigenvalue weighted by Crippen LogP contribution is -2.33. The Balaban J connectivity index is 1.78. The molecular weight excluding hydrogens is 288 g/mol. The molecule has 0 saturated heterocycles. The van der Waals surface area contributed by atoms with Gasteiger partial charge in [-0.25, -0.2) is 0 Å². The molecule has 0 nitrogen and oxygen atoms in total. The molecule has 0 N–H and O–H groups in total. The number of fused-ring (bicyclic) bond motifs is 1. The van der Waals surface area contributed by atoms with Crippen molar-refractivity contribution < 1.29 is 0 Å². The molecule has 3 fully saturated rings. The van der Waals surface area contributed by atoms with Crippen LogP contribution in [0.4, 0.5) is 0 Å². The second-order valence-corrected chi connectivity index (χ2v) is 8.74. The Hall–Kier alpha value is -1.04. The van der Waals surface area contributed by atoms with Crippen molar-refractivity contribution in [2.24, 2.45) is 23.2 Å². The third-order valence-corrected chi connectivity index (χ3v) is 7.41. The second-order valence-electron chi connectivity index (χ2n) is 8.74. The largest absolute Gasteiger partial charge is 0.0953 e. The fourth-order valence-corrected chi connectivity index (χ4v) is 5.68. The third-order valence-electron chi connectivity index (χ3n) is 7.41. The molecule has 4 unspecified atom stereocenters. The summed E-state index contributed by atoms with van der Waals surface area (Å²) in [5.74, 6) is 2.39. The van der Waals surface area contributed by atoms with Crippen LogP contribution in [0.15, 0.2) is 47.6 Å². The maximum Gasteiger partial charge on any atom is -0.0143 e. The van der Waals surface area contributed by atoms with E-state index in [-0.39, 0.29) is 0 Å². The SMILES string of the molecule is C=C1/C(=C\C=C2/CCCC3(C)C(C/C=C/C)CCC23)CCCC1C. The minimum absolute atomic E-state index is 0.541. The van der Waals surface area contributed by atoms with Crippen LogP contribution < -0.4 is 0 Å². The molecule has 0 aromatic heterocycles. The zero-order valence-electron chi connectivity index (χ0n) is 16.1. The predicted molar refractivity (Wildman–Crippen MR) is 106 cm³/mol. The summed E-state index contributed by atoms with van der Waals surface area (Å²) < 4.78 is 0. The van der Waals surface area contributed by atoms with Crippen LogP contribution >= 0.6 is 0 Å². The van der Waals surface area contributed by atoms with E-state index in [1.807, 2.05) is 0 Å². The number of hydrogen-bond acceptors (Lipinski definition) is 0. The summed E-state index contributed by atoms with van der Waals surface area (Å²) in [6.45, 7) is 11.4. The summed E-state index contributed by atoms with van der Waals surface area (Å²) in [4.78, 5) is 0. The summed E-state index contributed by atoms with van der Waals surface area (Å²) in [6.07, 6.45) is 21.7. The molecule has 3 saturated carbocycles. The molecule has 0 spiro atoms. The summed E-state index contributed by atoms with van der Waals surface area (Å²) in [6, 6.07) is 0. The molecule has 0 aliphatic heterocycles. The molecule has 132 valence electrons. The Labute approximate surface area is 149 Å². The Bertz CT molecular complexity index is 559. The van der Waals surface area contributed by atoms with E-state index in [4.69, 9.17) is 0 Å². The monoisotopic (exact) mass is 324 g/mol. The van der Waals surface area contributed by atoms with Crippen molar-refractivity contribution in [2.75, 3.05) is 0 Å². The van der Waals surface area contributed by atoms with E-state index >= 15 is 0 Å². The normalized spacial score (nSPS) is 40.6. The highest BCUT2D eigenvalue weighted by atomic mass is 14.5. The summed E-state index contributed by atoms with van der Waals surface area (Å²) in [5, 5.41) is 0. The van der Waals surface area contributed by atoms with Crippen molar-refractivity contribution in [3.8, 4) is 0 Å². The van der Waals surface area contributed by atoms with Crippen LogP contribution in [0.1, 0.15) is 78.6 Å². The van der Waals surface area contributed by atoms with Gasteiger partial charge in [-0.2, -0.15) is 0 Å². The maximum atomic E-state index is 4.36. The quantitative estimate of drug-likeness (QED) is 0.474. The summed E-state index contributed by atoms with van der Waals surface area (Å²) >= 11 is 0. The second kappa shape index (κ2) is 7.46. The molecule has 0 heterocycles. The minimum atomic E-state index is 0.541. The van der Waals surface area contributed by atoms with Crippen molar-refractivity contribution in [3.05, 3.63) is 47.6 Å². The standard InChI is InChI=1S/C24H36/c1-5-6-12-22-15-16-23-21(11-8-17-24(22,23)4)14-13-20-10-7-9-18(2)19(20)3/h5-6,13-14,18,22-23H,3,7-12,15-17H2,1-2,4H3/b6-5+,20-13-,21-14+. The molecule has 24 heavy (non-hydrogen) atoms. The molecule has 3 rings (SSSR count). The van der Waals surface area contributed by atoms with Gasteiger partial charge in [0.05, 0.1) is 0 Å². The molecule has 0 bridgehead atoms. The van der Waals surface area contributed by atoms with Gasteiger partial charge in [-0.15, -0.1) is 0 Å². The topological polar surface area (TPSA) is 0 Å². The minimum Gasteiger partial charge on any atom is -0.0953 e. The number of hydrogen-bond donors (Lipinski definition) is 0. The first-order valence-corrected chi connectivity index (χ1v) is 10.3. The van der Waals surface area contributed by atoms with E-state index in [0.29, 0.717) is 11.3 Å². The van der Waals surface area contributed by atoms with Gasteiger partial charge in [-0.05, 0) is 99.0 Å². The molecule has 3 aliphatic rings. The van der Waals surface area contributed by atoms with Gasteiger partial charge in [-0.1, -0.05) is 50.3 Å². The lowest BCUT2D eigenvalue weighted by atomic mass is 9.63. The Morgan fingerprint density at radius 2 is 1.96 bits per heavy atom. The van der Waals surface area contributed by atoms with Gasteiger partial charge in [0.25, 0.3) is 0 Å². The molecule has 0 amide bonds. The van der Waals surface area contributed by atoms with Crippen LogP contribution in [0.5, 0.6) is 0 Å². The first kappa shape index (κ1) is 17.8. The Morgan fingerprint density at radius 1 is 1.12 bits per heavy atom. The molecule has 4 atom stereocenters. The maximum absolute atomic E-state index is 4.36. The van der Waals surface area contributed by atoms with Crippen molar-refractivity contribution in [1.29, 1.82) is 0 Å². The lowest BCUT2D eigenvalue weighted by molar-refractivity contribution is 0.137. The van der Waals surface area contributed by atoms with Gasteiger partial charge in [0.15, 0.2) is 0 Å². The molecule has 3 aliphatic carbocycles. The van der Waals surface area contributed by atoms with Crippen LogP contribution in [0.25, 0.3) is 0 Å². The molecular formula is C24H36. The van der Waals surface area contributed by atoms with Crippen molar-refractivity contribution in [3.63, 3.8) is 0 Å². The lowest BCUT2D eigenvalue weighted by Gasteiger charge is -2.42. The zero-order valence-corrected chi connectivity index (χ0v) is 16.1. The van der Waals surface area contributed by atoms with Gasteiger partial charge in [0.2, 0.25) is 0 Å². The van der Waals surface area contributed by atoms with E-state index < -0.39 is 0 Å². The van der Waals surface area contributed by atoms with E-state index in [0.717, 1.165) is 11.8 Å². The zero-order chi connectivity index (χ0) is 17.2. The smallest absolute Gasteiger partial charge is 0.0143 e. The van der Waals surface area contributed by atoms with Gasteiger partial charge in [0.1, 0.15) is 0 Å². The Kier molecular flexibility index (Phi) is 5.52. The first-order valence-electron chi connectivity index (χ1n) is 10.3. The van der Waals surface area contributed by atoms with Crippen LogP contribution in [0.3, 0.4) is 0 Å². The highest BCUT2D eigenvalue weighted by Crippen LogP contribution is 2.58. The fourth-order valence-electron chi connectivity index (χ4n) is 5.68. The van der Waals surface area contributed by atoms with E-state index in [1.54, 1.807) is 5.57 Å². The number of allylic oxidation sites excluding steroid dienone is 7. The average molecular weight is 325 g/mol. The number of rotatable bonds is 3. The molecule has 0 heteroatoms. The molecule has 0 radical (unpaired) electrons. The van der Waals surface area contributed by atoms with Crippen LogP contribution in [0.2, 0.25) is 0 Å². The fraction of sp³-hybridized carbons (Fsp3) is 0.667. The summed E-state index contributed by atoms with van der Waals surface area (Å²) in [5.41, 5.74) is 5.20. The van der Waals surface area contributed by atoms with Crippen molar-refractivity contribution >= 4 is 0 Å². The summed E-state index contributed by atoms with van der Waals surface area (Å²) in [7, 11) is 0. The average Bonchev–Trinajstić information content (AvgIpc) is 2.91. The van der Waals surface area contributed by atoms with E-state index in [9.17, 15) is 0 Å². The van der Waals surface area contributed by atoms with Gasteiger partial charge < -0.3 is 0 Å². The van der Waals surface area contributed by atoms with E-state index in [1.165, 1.54) is 68.9 Å². The highest BCUT2D eigenvalue weighted by molar-refractivity contribution is 5.36. The predicted octanol–water partition coefficient (Wildman–Crippen LogP) is 7.40. The Morgan fingerprint density at radius 3 is 2.75 bits per heavy atom. The molecule has 0 aromatic carbocycles. The van der Waals surface area contributed by atoms with Crippen molar-refractivity contribution in [2.45, 2.75) is 78.6 Å². The van der Waals surface area contributed by atoms with Gasteiger partial charge in [0, 0.05) is 0 Å².